The van der Waals surface area contributed by atoms with Crippen molar-refractivity contribution in [1.29, 1.82) is 0 Å². The van der Waals surface area contributed by atoms with Crippen LogP contribution in [0.15, 0.2) is 48.7 Å². The Morgan fingerprint density at radius 2 is 1.91 bits per heavy atom. The molecule has 1 aliphatic rings. The maximum Gasteiger partial charge on any atom is 0.272 e. The van der Waals surface area contributed by atoms with Crippen LogP contribution in [0.2, 0.25) is 0 Å². The normalized spacial score (nSPS) is 17.8. The lowest BCUT2D eigenvalue weighted by atomic mass is 9.90. The average molecular weight is 312 g/mol. The van der Waals surface area contributed by atoms with E-state index in [4.69, 9.17) is 0 Å². The van der Waals surface area contributed by atoms with Gasteiger partial charge in [0.2, 0.25) is 0 Å². The minimum Gasteiger partial charge on any atom is -0.337 e. The molecular formula is C18H17FN2O2. The number of pyridine rings is 1. The van der Waals surface area contributed by atoms with Gasteiger partial charge in [0.15, 0.2) is 5.78 Å². The molecule has 118 valence electrons. The van der Waals surface area contributed by atoms with Gasteiger partial charge in [-0.2, -0.15) is 0 Å². The van der Waals surface area contributed by atoms with Crippen molar-refractivity contribution in [2.75, 3.05) is 13.1 Å². The molecule has 0 aliphatic carbocycles. The van der Waals surface area contributed by atoms with Gasteiger partial charge in [-0.1, -0.05) is 6.07 Å². The van der Waals surface area contributed by atoms with Crippen LogP contribution in [0, 0.1) is 11.7 Å². The number of piperidine rings is 1. The number of carbonyl (C=O) groups is 2. The summed E-state index contributed by atoms with van der Waals surface area (Å²) in [4.78, 5) is 30.7. The van der Waals surface area contributed by atoms with E-state index in [1.165, 1.54) is 24.3 Å². The van der Waals surface area contributed by atoms with Crippen molar-refractivity contribution < 1.29 is 14.0 Å². The summed E-state index contributed by atoms with van der Waals surface area (Å²) in [6, 6.07) is 10.8. The zero-order chi connectivity index (χ0) is 16.2. The molecule has 0 spiro atoms. The van der Waals surface area contributed by atoms with Crippen LogP contribution in [-0.4, -0.2) is 34.7 Å². The Labute approximate surface area is 134 Å². The first-order valence-electron chi connectivity index (χ1n) is 7.65. The second-order valence-corrected chi connectivity index (χ2v) is 5.68. The molecule has 1 aromatic heterocycles. The molecule has 0 saturated carbocycles. The number of nitrogens with zero attached hydrogens (tertiary/aromatic N) is 2. The molecule has 0 radical (unpaired) electrons. The Kier molecular flexibility index (Phi) is 4.46. The molecule has 3 rings (SSSR count). The van der Waals surface area contributed by atoms with Crippen molar-refractivity contribution in [3.8, 4) is 0 Å². The van der Waals surface area contributed by atoms with Gasteiger partial charge in [-0.15, -0.1) is 0 Å². The zero-order valence-corrected chi connectivity index (χ0v) is 12.6. The summed E-state index contributed by atoms with van der Waals surface area (Å²) in [7, 11) is 0. The Balaban J connectivity index is 1.72. The molecule has 1 aromatic carbocycles. The van der Waals surface area contributed by atoms with E-state index in [2.05, 4.69) is 4.98 Å². The highest BCUT2D eigenvalue weighted by Crippen LogP contribution is 2.22. The minimum absolute atomic E-state index is 0.0384. The van der Waals surface area contributed by atoms with Crippen LogP contribution in [-0.2, 0) is 0 Å². The largest absolute Gasteiger partial charge is 0.337 e. The summed E-state index contributed by atoms with van der Waals surface area (Å²) in [6.45, 7) is 1.01. The summed E-state index contributed by atoms with van der Waals surface area (Å²) in [5.41, 5.74) is 0.880. The number of aromatic nitrogens is 1. The lowest BCUT2D eigenvalue weighted by molar-refractivity contribution is 0.0632. The Hall–Kier alpha value is -2.56. The van der Waals surface area contributed by atoms with Crippen molar-refractivity contribution in [2.45, 2.75) is 12.8 Å². The average Bonchev–Trinajstić information content (AvgIpc) is 2.62. The van der Waals surface area contributed by atoms with Gasteiger partial charge in [0.1, 0.15) is 11.5 Å². The fourth-order valence-electron chi connectivity index (χ4n) is 2.88. The summed E-state index contributed by atoms with van der Waals surface area (Å²) in [6.07, 6.45) is 3.09. The van der Waals surface area contributed by atoms with Gasteiger partial charge in [-0.05, 0) is 49.2 Å². The van der Waals surface area contributed by atoms with Crippen molar-refractivity contribution in [3.05, 3.63) is 65.7 Å². The number of Topliss-reactive ketones (excluding diaryl/α,β-unsaturated/α-hetero) is 1. The smallest absolute Gasteiger partial charge is 0.272 e. The van der Waals surface area contributed by atoms with E-state index in [1.54, 1.807) is 29.3 Å². The number of rotatable bonds is 3. The maximum absolute atomic E-state index is 13.0. The monoisotopic (exact) mass is 312 g/mol. The van der Waals surface area contributed by atoms with E-state index >= 15 is 0 Å². The molecule has 0 N–H and O–H groups in total. The lowest BCUT2D eigenvalue weighted by Gasteiger charge is -2.31. The highest BCUT2D eigenvalue weighted by atomic mass is 19.1. The van der Waals surface area contributed by atoms with Crippen LogP contribution >= 0.6 is 0 Å². The molecule has 23 heavy (non-hydrogen) atoms. The quantitative estimate of drug-likeness (QED) is 0.819. The second-order valence-electron chi connectivity index (χ2n) is 5.68. The van der Waals surface area contributed by atoms with E-state index in [0.29, 0.717) is 24.3 Å². The topological polar surface area (TPSA) is 50.3 Å². The Morgan fingerprint density at radius 1 is 1.13 bits per heavy atom. The Bertz CT molecular complexity index is 701. The SMILES string of the molecule is O=C(c1ccc(F)cc1)C1CCCN(C(=O)c2ccccn2)C1. The predicted molar refractivity (Wildman–Crippen MR) is 83.6 cm³/mol. The second kappa shape index (κ2) is 6.69. The first kappa shape index (κ1) is 15.3. The number of halogens is 1. The van der Waals surface area contributed by atoms with Crippen molar-refractivity contribution in [3.63, 3.8) is 0 Å². The highest BCUT2D eigenvalue weighted by molar-refractivity contribution is 5.99. The van der Waals surface area contributed by atoms with Crippen LogP contribution in [0.5, 0.6) is 0 Å². The first-order valence-corrected chi connectivity index (χ1v) is 7.65. The molecule has 1 aliphatic heterocycles. The molecule has 1 saturated heterocycles. The molecule has 1 fully saturated rings. The van der Waals surface area contributed by atoms with E-state index in [9.17, 15) is 14.0 Å². The van der Waals surface area contributed by atoms with Gasteiger partial charge >= 0.3 is 0 Å². The maximum atomic E-state index is 13.0. The molecule has 0 bridgehead atoms. The number of ketones is 1. The van der Waals surface area contributed by atoms with Gasteiger partial charge < -0.3 is 4.90 Å². The summed E-state index contributed by atoms with van der Waals surface area (Å²) in [5, 5.41) is 0. The summed E-state index contributed by atoms with van der Waals surface area (Å²) < 4.78 is 13.0. The number of hydrogen-bond acceptors (Lipinski definition) is 3. The number of likely N-dealkylation sites (tertiary alicyclic amines) is 1. The van der Waals surface area contributed by atoms with Crippen molar-refractivity contribution in [2.24, 2.45) is 5.92 Å². The number of amides is 1. The molecular weight excluding hydrogens is 295 g/mol. The summed E-state index contributed by atoms with van der Waals surface area (Å²) in [5.74, 6) is -0.801. The molecule has 2 heterocycles. The Morgan fingerprint density at radius 3 is 2.61 bits per heavy atom. The minimum atomic E-state index is -0.364. The molecule has 2 aromatic rings. The first-order chi connectivity index (χ1) is 11.1. The molecule has 1 atom stereocenters. The van der Waals surface area contributed by atoms with E-state index < -0.39 is 0 Å². The van der Waals surface area contributed by atoms with Gasteiger partial charge in [-0.3, -0.25) is 14.6 Å². The molecule has 4 nitrogen and oxygen atoms in total. The van der Waals surface area contributed by atoms with Crippen molar-refractivity contribution in [1.82, 2.24) is 9.88 Å². The fraction of sp³-hybridized carbons (Fsp3) is 0.278. The molecule has 1 unspecified atom stereocenters. The van der Waals surface area contributed by atoms with Gasteiger partial charge in [0.25, 0.3) is 5.91 Å². The highest BCUT2D eigenvalue weighted by Gasteiger charge is 2.29. The van der Waals surface area contributed by atoms with Gasteiger partial charge in [-0.25, -0.2) is 4.39 Å². The molecule has 5 heteroatoms. The van der Waals surface area contributed by atoms with E-state index in [1.807, 2.05) is 0 Å². The van der Waals surface area contributed by atoms with E-state index in [0.717, 1.165) is 12.8 Å². The third kappa shape index (κ3) is 3.44. The van der Waals surface area contributed by atoms with Crippen LogP contribution < -0.4 is 0 Å². The van der Waals surface area contributed by atoms with Crippen LogP contribution in [0.25, 0.3) is 0 Å². The van der Waals surface area contributed by atoms with Crippen LogP contribution in [0.3, 0.4) is 0 Å². The lowest BCUT2D eigenvalue weighted by Crippen LogP contribution is -2.42. The number of benzene rings is 1. The van der Waals surface area contributed by atoms with Gasteiger partial charge in [0, 0.05) is 30.8 Å². The third-order valence-corrected chi connectivity index (χ3v) is 4.09. The van der Waals surface area contributed by atoms with Crippen LogP contribution in [0.1, 0.15) is 33.7 Å². The number of hydrogen-bond donors (Lipinski definition) is 0. The summed E-state index contributed by atoms with van der Waals surface area (Å²) >= 11 is 0. The third-order valence-electron chi connectivity index (χ3n) is 4.09. The number of carbonyl (C=O) groups excluding carboxylic acids is 2. The van der Waals surface area contributed by atoms with E-state index in [-0.39, 0.29) is 23.4 Å². The zero-order valence-electron chi connectivity index (χ0n) is 12.6. The fourth-order valence-corrected chi connectivity index (χ4v) is 2.88. The van der Waals surface area contributed by atoms with Crippen molar-refractivity contribution >= 4 is 11.7 Å². The molecule has 1 amide bonds. The predicted octanol–water partition coefficient (Wildman–Crippen LogP) is 2.96. The van der Waals surface area contributed by atoms with Crippen LogP contribution in [0.4, 0.5) is 4.39 Å². The van der Waals surface area contributed by atoms with Gasteiger partial charge in [0.05, 0.1) is 0 Å². The standard InChI is InChI=1S/C18H17FN2O2/c19-15-8-6-13(7-9-15)17(22)14-4-3-11-21(12-14)18(23)16-5-1-2-10-20-16/h1-2,5-10,14H,3-4,11-12H2.